The highest BCUT2D eigenvalue weighted by Gasteiger charge is 2.57. The van der Waals surface area contributed by atoms with Crippen LogP contribution in [-0.4, -0.2) is 62.1 Å². The first-order valence-electron chi connectivity index (χ1n) is 12.0. The Morgan fingerprint density at radius 3 is 2.74 bits per heavy atom. The normalized spacial score (nSPS) is 25.5. The van der Waals surface area contributed by atoms with Crippen molar-refractivity contribution in [3.63, 3.8) is 0 Å². The predicted octanol–water partition coefficient (Wildman–Crippen LogP) is 2.43. The number of alkyl halides is 1. The van der Waals surface area contributed by atoms with E-state index in [0.717, 1.165) is 28.5 Å². The molecule has 0 amide bonds. The van der Waals surface area contributed by atoms with Crippen molar-refractivity contribution >= 4 is 35.5 Å². The number of esters is 1. The summed E-state index contributed by atoms with van der Waals surface area (Å²) >= 11 is 1.46. The Balaban J connectivity index is 1.57. The van der Waals surface area contributed by atoms with E-state index in [1.807, 2.05) is 16.4 Å². The maximum atomic E-state index is 15.6. The summed E-state index contributed by atoms with van der Waals surface area (Å²) in [6, 6.07) is 6.94. The number of aliphatic hydroxyl groups excluding tert-OH is 1. The summed E-state index contributed by atoms with van der Waals surface area (Å²) in [6.07, 6.45) is -4.12. The third-order valence-electron chi connectivity index (χ3n) is 5.97. The number of ether oxygens (including phenoxy) is 2. The maximum absolute atomic E-state index is 15.6. The number of thiophene rings is 1. The Morgan fingerprint density at radius 1 is 1.31 bits per heavy atom. The average Bonchev–Trinajstić information content (AvgIpc) is 3.41. The second-order valence-electron chi connectivity index (χ2n) is 9.47. The molecule has 1 aliphatic heterocycles. The number of halogens is 1. The molecule has 15 heteroatoms. The van der Waals surface area contributed by atoms with Gasteiger partial charge in [-0.25, -0.2) is 9.18 Å². The maximum Gasteiger partial charge on any atom is 0.544 e. The number of hydrogen-bond donors (Lipinski definition) is 4. The van der Waals surface area contributed by atoms with Gasteiger partial charge in [0.2, 0.25) is 0 Å². The first-order valence-corrected chi connectivity index (χ1v) is 14.5. The van der Waals surface area contributed by atoms with Gasteiger partial charge in [-0.1, -0.05) is 11.2 Å². The molecule has 1 aromatic carbocycles. The lowest BCUT2D eigenvalue weighted by Gasteiger charge is -2.24. The highest BCUT2D eigenvalue weighted by Crippen LogP contribution is 2.55. The topological polar surface area (TPSA) is 161 Å². The third-order valence-corrected chi connectivity index (χ3v) is 8.51. The number of fused-ring (bicyclic) bond motifs is 1. The molecule has 3 heterocycles. The van der Waals surface area contributed by atoms with Crippen molar-refractivity contribution in [2.24, 2.45) is 0 Å². The molecule has 1 aliphatic rings. The minimum atomic E-state index is -4.13. The van der Waals surface area contributed by atoms with Crippen molar-refractivity contribution in [1.29, 1.82) is 0 Å². The monoisotopic (exact) mass is 586 g/mol. The number of benzene rings is 1. The van der Waals surface area contributed by atoms with Crippen LogP contribution in [0.1, 0.15) is 33.9 Å². The summed E-state index contributed by atoms with van der Waals surface area (Å²) in [7, 11) is -4.13. The zero-order valence-corrected chi connectivity index (χ0v) is 23.3. The Bertz CT molecular complexity index is 1440. The zero-order valence-electron chi connectivity index (χ0n) is 21.6. The van der Waals surface area contributed by atoms with E-state index in [0.29, 0.717) is 5.39 Å². The van der Waals surface area contributed by atoms with Crippen molar-refractivity contribution in [3.8, 4) is 5.75 Å². The Labute approximate surface area is 226 Å². The fraction of sp³-hybridized carbons (Fsp3) is 0.458. The van der Waals surface area contributed by atoms with E-state index in [9.17, 15) is 24.4 Å². The molecule has 1 fully saturated rings. The average molecular weight is 587 g/mol. The minimum absolute atomic E-state index is 0.266. The third kappa shape index (κ3) is 6.38. The molecule has 4 N–H and O–H groups in total. The van der Waals surface area contributed by atoms with Crippen LogP contribution >= 0.6 is 19.4 Å². The summed E-state index contributed by atoms with van der Waals surface area (Å²) < 4.78 is 39.7. The smallest absolute Gasteiger partial charge is 0.462 e. The lowest BCUT2D eigenvalue weighted by molar-refractivity contribution is -0.149. The van der Waals surface area contributed by atoms with Crippen LogP contribution in [0, 0.1) is 0 Å². The van der Waals surface area contributed by atoms with Crippen molar-refractivity contribution in [2.45, 2.75) is 63.9 Å². The standard InChI is InChI=1S/C24H29FN3O9PS/c1-13(2)35-21(31)14(3)27-38(33,37-16-6-5-7-18-15(16)9-11-39-18)34-12-17-20(30)24(4,25)22(36-17)28-10-8-19(29)26-23(28)32/h5-11,13-14,17,20,22,27,30,33H,12H2,1-4H3/p+1/t14-,17+,20+,22+,24+,38?/m0/s1. The van der Waals surface area contributed by atoms with E-state index < -0.39 is 68.2 Å². The number of carbonyl (C=O) groups is 1. The summed E-state index contributed by atoms with van der Waals surface area (Å²) in [4.78, 5) is 49.6. The number of aromatic amines is 1. The van der Waals surface area contributed by atoms with Crippen molar-refractivity contribution in [1.82, 2.24) is 14.6 Å². The Hall–Kier alpha value is -2.71. The van der Waals surface area contributed by atoms with Gasteiger partial charge in [0, 0.05) is 22.3 Å². The van der Waals surface area contributed by atoms with Gasteiger partial charge in [-0.2, -0.15) is 9.42 Å². The molecule has 0 aliphatic carbocycles. The summed E-state index contributed by atoms with van der Waals surface area (Å²) in [5.74, 6) is -0.405. The Kier molecular flexibility index (Phi) is 8.57. The summed E-state index contributed by atoms with van der Waals surface area (Å²) in [5.41, 5.74) is -4.09. The van der Waals surface area contributed by atoms with Gasteiger partial charge in [-0.3, -0.25) is 23.7 Å². The molecule has 0 spiro atoms. The van der Waals surface area contributed by atoms with Gasteiger partial charge in [0.25, 0.3) is 5.56 Å². The van der Waals surface area contributed by atoms with E-state index in [1.165, 1.54) is 18.3 Å². The quantitative estimate of drug-likeness (QED) is 0.205. The molecule has 1 saturated heterocycles. The number of rotatable bonds is 10. The molecule has 1 unspecified atom stereocenters. The Morgan fingerprint density at radius 2 is 2.05 bits per heavy atom. The second-order valence-corrected chi connectivity index (χ2v) is 12.2. The second kappa shape index (κ2) is 11.4. The van der Waals surface area contributed by atoms with Crippen LogP contribution in [-0.2, 0) is 18.8 Å². The summed E-state index contributed by atoms with van der Waals surface area (Å²) in [5, 5.41) is 15.9. The van der Waals surface area contributed by atoms with Gasteiger partial charge in [-0.15, -0.1) is 11.3 Å². The lowest BCUT2D eigenvalue weighted by Crippen LogP contribution is -2.44. The SMILES string of the molecule is CC(C)OC(=O)[C@H](C)N[P+](O)(OC[C@H]1O[C@@H](n2ccc(=O)[nH]c2=O)[C@](C)(F)[C@@H]1O)Oc1cccc2sccc12. The molecule has 0 bridgehead atoms. The first kappa shape index (κ1) is 29.3. The minimum Gasteiger partial charge on any atom is -0.462 e. The molecular weight excluding hydrogens is 556 g/mol. The van der Waals surface area contributed by atoms with Crippen LogP contribution < -0.4 is 20.9 Å². The number of aromatic nitrogens is 2. The van der Waals surface area contributed by atoms with Gasteiger partial charge < -0.3 is 14.6 Å². The molecule has 4 rings (SSSR count). The van der Waals surface area contributed by atoms with Gasteiger partial charge in [0.05, 0.1) is 6.10 Å². The fourth-order valence-corrected chi connectivity index (χ4v) is 6.39. The van der Waals surface area contributed by atoms with Crippen LogP contribution in [0.4, 0.5) is 4.39 Å². The van der Waals surface area contributed by atoms with E-state index in [2.05, 4.69) is 5.09 Å². The van der Waals surface area contributed by atoms with Crippen molar-refractivity contribution in [3.05, 3.63) is 62.7 Å². The van der Waals surface area contributed by atoms with Crippen molar-refractivity contribution in [2.75, 3.05) is 6.61 Å². The predicted molar refractivity (Wildman–Crippen MR) is 142 cm³/mol. The molecule has 3 aromatic rings. The van der Waals surface area contributed by atoms with Crippen molar-refractivity contribution < 1.29 is 37.7 Å². The van der Waals surface area contributed by atoms with E-state index >= 15 is 4.39 Å². The highest BCUT2D eigenvalue weighted by atomic mass is 32.1. The van der Waals surface area contributed by atoms with Crippen LogP contribution in [0.5, 0.6) is 5.75 Å². The molecule has 12 nitrogen and oxygen atoms in total. The molecular formula is C24H30FN3O9PS+. The van der Waals surface area contributed by atoms with Gasteiger partial charge >= 0.3 is 19.8 Å². The fourth-order valence-electron chi connectivity index (χ4n) is 4.04. The molecule has 212 valence electrons. The van der Waals surface area contributed by atoms with E-state index in [4.69, 9.17) is 18.5 Å². The lowest BCUT2D eigenvalue weighted by atomic mass is 9.98. The van der Waals surface area contributed by atoms with Gasteiger partial charge in [0.15, 0.2) is 17.6 Å². The van der Waals surface area contributed by atoms with E-state index in [-0.39, 0.29) is 5.75 Å². The van der Waals surface area contributed by atoms with Gasteiger partial charge in [0.1, 0.15) is 24.9 Å². The summed E-state index contributed by atoms with van der Waals surface area (Å²) in [6.45, 7) is 5.25. The van der Waals surface area contributed by atoms with Crippen LogP contribution in [0.3, 0.4) is 0 Å². The molecule has 2 aromatic heterocycles. The number of aliphatic hydroxyl groups is 1. The number of nitrogens with zero attached hydrogens (tertiary/aromatic N) is 1. The van der Waals surface area contributed by atoms with Gasteiger partial charge in [-0.05, 0) is 51.3 Å². The largest absolute Gasteiger partial charge is 0.544 e. The molecule has 6 atom stereocenters. The highest BCUT2D eigenvalue weighted by molar-refractivity contribution is 7.59. The van der Waals surface area contributed by atoms with Crippen LogP contribution in [0.2, 0.25) is 0 Å². The van der Waals surface area contributed by atoms with Crippen LogP contribution in [0.15, 0.2) is 51.5 Å². The zero-order chi connectivity index (χ0) is 28.5. The van der Waals surface area contributed by atoms with Crippen LogP contribution in [0.25, 0.3) is 10.1 Å². The van der Waals surface area contributed by atoms with E-state index in [1.54, 1.807) is 32.0 Å². The number of hydrogen-bond acceptors (Lipinski definition) is 11. The number of nitrogens with one attached hydrogen (secondary N) is 2. The molecule has 39 heavy (non-hydrogen) atoms. The number of carbonyl (C=O) groups excluding carboxylic acids is 1. The molecule has 0 saturated carbocycles. The molecule has 0 radical (unpaired) electrons. The first-order chi connectivity index (χ1) is 18.3. The number of H-pyrrole nitrogens is 1.